The summed E-state index contributed by atoms with van der Waals surface area (Å²) in [6.45, 7) is 3.66. The highest BCUT2D eigenvalue weighted by molar-refractivity contribution is 5.87. The Hall–Kier alpha value is -2.43. The first kappa shape index (κ1) is 15.9. The van der Waals surface area contributed by atoms with E-state index < -0.39 is 11.5 Å². The summed E-state index contributed by atoms with van der Waals surface area (Å²) in [5, 5.41) is 12.6. The van der Waals surface area contributed by atoms with E-state index in [4.69, 9.17) is 5.11 Å². The van der Waals surface area contributed by atoms with E-state index >= 15 is 0 Å². The van der Waals surface area contributed by atoms with Crippen molar-refractivity contribution in [3.63, 3.8) is 0 Å². The van der Waals surface area contributed by atoms with Gasteiger partial charge in [0.1, 0.15) is 0 Å². The van der Waals surface area contributed by atoms with Crippen LogP contribution in [0.3, 0.4) is 0 Å². The Balaban J connectivity index is 2.06. The van der Waals surface area contributed by atoms with Gasteiger partial charge in [-0.2, -0.15) is 0 Å². The van der Waals surface area contributed by atoms with Crippen LogP contribution in [0.25, 0.3) is 10.9 Å². The maximum Gasteiger partial charge on any atom is 0.303 e. The molecule has 1 aromatic heterocycles. The maximum atomic E-state index is 12.2. The van der Waals surface area contributed by atoms with Gasteiger partial charge in [0.15, 0.2) is 0 Å². The number of carboxylic acid groups (broad SMARTS) is 1. The van der Waals surface area contributed by atoms with Gasteiger partial charge >= 0.3 is 5.97 Å². The van der Waals surface area contributed by atoms with Crippen LogP contribution in [0.2, 0.25) is 0 Å². The zero-order chi connectivity index (χ0) is 16.2. The van der Waals surface area contributed by atoms with Gasteiger partial charge in [-0.3, -0.25) is 14.6 Å². The first-order valence-corrected chi connectivity index (χ1v) is 7.23. The first-order valence-electron chi connectivity index (χ1n) is 7.23. The minimum Gasteiger partial charge on any atom is -0.481 e. The lowest BCUT2D eigenvalue weighted by Gasteiger charge is -2.25. The number of nitrogens with one attached hydrogen (secondary N) is 1. The number of hydrogen-bond donors (Lipinski definition) is 2. The summed E-state index contributed by atoms with van der Waals surface area (Å²) in [4.78, 5) is 27.2. The van der Waals surface area contributed by atoms with Crippen LogP contribution < -0.4 is 5.32 Å². The second-order valence-electron chi connectivity index (χ2n) is 5.99. The molecule has 116 valence electrons. The second kappa shape index (κ2) is 6.56. The molecule has 0 bridgehead atoms. The van der Waals surface area contributed by atoms with E-state index in [1.54, 1.807) is 6.20 Å². The van der Waals surface area contributed by atoms with E-state index in [1.165, 1.54) is 0 Å². The van der Waals surface area contributed by atoms with Gasteiger partial charge in [0.2, 0.25) is 5.91 Å². The number of benzene rings is 1. The molecule has 0 atom stereocenters. The minimum absolute atomic E-state index is 0.0309. The number of rotatable bonds is 6. The molecule has 0 spiro atoms. The average molecular weight is 300 g/mol. The third-order valence-corrected chi connectivity index (χ3v) is 3.51. The molecule has 0 aliphatic heterocycles. The Morgan fingerprint density at radius 2 is 1.95 bits per heavy atom. The topological polar surface area (TPSA) is 79.3 Å². The van der Waals surface area contributed by atoms with E-state index in [0.29, 0.717) is 6.42 Å². The van der Waals surface area contributed by atoms with Gasteiger partial charge in [-0.15, -0.1) is 0 Å². The van der Waals surface area contributed by atoms with Crippen LogP contribution in [0.5, 0.6) is 0 Å². The second-order valence-corrected chi connectivity index (χ2v) is 5.99. The standard InChI is InChI=1S/C17H20N2O3/c1-17(2,9-8-15(21)22)19-14(20)11-13-6-3-5-12-7-4-10-18-16(12)13/h3-7,10H,8-9,11H2,1-2H3,(H,19,20)(H,21,22). The van der Waals surface area contributed by atoms with Crippen molar-refractivity contribution in [1.82, 2.24) is 10.3 Å². The number of aliphatic carboxylic acids is 1. The number of fused-ring (bicyclic) bond motifs is 1. The summed E-state index contributed by atoms with van der Waals surface area (Å²) in [5.74, 6) is -0.992. The Morgan fingerprint density at radius 3 is 2.68 bits per heavy atom. The molecule has 5 heteroatoms. The quantitative estimate of drug-likeness (QED) is 0.859. The van der Waals surface area contributed by atoms with Crippen molar-refractivity contribution in [1.29, 1.82) is 0 Å². The molecule has 0 aliphatic rings. The highest BCUT2D eigenvalue weighted by atomic mass is 16.4. The summed E-state index contributed by atoms with van der Waals surface area (Å²) in [7, 11) is 0. The van der Waals surface area contributed by atoms with Crippen molar-refractivity contribution in [3.8, 4) is 0 Å². The van der Waals surface area contributed by atoms with E-state index in [-0.39, 0.29) is 18.7 Å². The molecule has 2 rings (SSSR count). The van der Waals surface area contributed by atoms with Gasteiger partial charge in [0.25, 0.3) is 0 Å². The Bertz CT molecular complexity index is 690. The molecular formula is C17H20N2O3. The summed E-state index contributed by atoms with van der Waals surface area (Å²) in [5.41, 5.74) is 1.14. The number of carbonyl (C=O) groups excluding carboxylic acids is 1. The van der Waals surface area contributed by atoms with Gasteiger partial charge in [-0.1, -0.05) is 24.3 Å². The number of hydrogen-bond acceptors (Lipinski definition) is 3. The zero-order valence-electron chi connectivity index (χ0n) is 12.8. The SMILES string of the molecule is CC(C)(CCC(=O)O)NC(=O)Cc1cccc2cccnc12. The van der Waals surface area contributed by atoms with Crippen LogP contribution in [-0.4, -0.2) is 27.5 Å². The lowest BCUT2D eigenvalue weighted by atomic mass is 9.97. The lowest BCUT2D eigenvalue weighted by molar-refractivity contribution is -0.137. The van der Waals surface area contributed by atoms with E-state index in [1.807, 2.05) is 44.2 Å². The Morgan fingerprint density at radius 1 is 1.23 bits per heavy atom. The molecule has 5 nitrogen and oxygen atoms in total. The van der Waals surface area contributed by atoms with Crippen molar-refractivity contribution >= 4 is 22.8 Å². The summed E-state index contributed by atoms with van der Waals surface area (Å²) >= 11 is 0. The van der Waals surface area contributed by atoms with Crippen LogP contribution in [0.1, 0.15) is 32.3 Å². The fourth-order valence-corrected chi connectivity index (χ4v) is 2.39. The molecule has 1 aromatic carbocycles. The molecule has 0 aliphatic carbocycles. The van der Waals surface area contributed by atoms with Gasteiger partial charge < -0.3 is 10.4 Å². The van der Waals surface area contributed by atoms with Crippen molar-refractivity contribution in [3.05, 3.63) is 42.1 Å². The number of amides is 1. The monoisotopic (exact) mass is 300 g/mol. The summed E-state index contributed by atoms with van der Waals surface area (Å²) < 4.78 is 0. The van der Waals surface area contributed by atoms with Crippen LogP contribution >= 0.6 is 0 Å². The highest BCUT2D eigenvalue weighted by Crippen LogP contribution is 2.17. The molecule has 0 saturated carbocycles. The zero-order valence-corrected chi connectivity index (χ0v) is 12.8. The average Bonchev–Trinajstić information content (AvgIpc) is 2.45. The van der Waals surface area contributed by atoms with Crippen LogP contribution in [0.4, 0.5) is 0 Å². The normalized spacial score (nSPS) is 11.4. The molecule has 1 heterocycles. The van der Waals surface area contributed by atoms with E-state index in [2.05, 4.69) is 10.3 Å². The molecule has 0 saturated heterocycles. The number of aromatic nitrogens is 1. The van der Waals surface area contributed by atoms with Gasteiger partial charge in [-0.25, -0.2) is 0 Å². The molecular weight excluding hydrogens is 280 g/mol. The number of pyridine rings is 1. The van der Waals surface area contributed by atoms with Crippen molar-refractivity contribution < 1.29 is 14.7 Å². The van der Waals surface area contributed by atoms with Crippen LogP contribution in [0.15, 0.2) is 36.5 Å². The number of nitrogens with zero attached hydrogens (tertiary/aromatic N) is 1. The molecule has 22 heavy (non-hydrogen) atoms. The molecule has 0 unspecified atom stereocenters. The minimum atomic E-state index is -0.861. The molecule has 2 N–H and O–H groups in total. The predicted molar refractivity (Wildman–Crippen MR) is 84.5 cm³/mol. The van der Waals surface area contributed by atoms with Gasteiger partial charge in [0, 0.05) is 23.5 Å². The first-order chi connectivity index (χ1) is 10.4. The van der Waals surface area contributed by atoms with Crippen LogP contribution in [-0.2, 0) is 16.0 Å². The van der Waals surface area contributed by atoms with E-state index in [9.17, 15) is 9.59 Å². The smallest absolute Gasteiger partial charge is 0.303 e. The summed E-state index contributed by atoms with van der Waals surface area (Å²) in [6.07, 6.45) is 2.36. The number of carbonyl (C=O) groups is 2. The lowest BCUT2D eigenvalue weighted by Crippen LogP contribution is -2.44. The predicted octanol–water partition coefficient (Wildman–Crippen LogP) is 2.54. The fourth-order valence-electron chi connectivity index (χ4n) is 2.39. The largest absolute Gasteiger partial charge is 0.481 e. The third-order valence-electron chi connectivity index (χ3n) is 3.51. The van der Waals surface area contributed by atoms with Crippen molar-refractivity contribution in [2.75, 3.05) is 0 Å². The third kappa shape index (κ3) is 4.28. The van der Waals surface area contributed by atoms with Gasteiger partial charge in [0.05, 0.1) is 11.9 Å². The highest BCUT2D eigenvalue weighted by Gasteiger charge is 2.21. The number of para-hydroxylation sites is 1. The van der Waals surface area contributed by atoms with Crippen LogP contribution in [0, 0.1) is 0 Å². The summed E-state index contributed by atoms with van der Waals surface area (Å²) in [6, 6.07) is 9.57. The number of carboxylic acids is 1. The van der Waals surface area contributed by atoms with Crippen molar-refractivity contribution in [2.45, 2.75) is 38.6 Å². The fraction of sp³-hybridized carbons (Fsp3) is 0.353. The van der Waals surface area contributed by atoms with Crippen molar-refractivity contribution in [2.24, 2.45) is 0 Å². The molecule has 0 fully saturated rings. The maximum absolute atomic E-state index is 12.2. The molecule has 1 amide bonds. The van der Waals surface area contributed by atoms with E-state index in [0.717, 1.165) is 16.5 Å². The Labute approximate surface area is 129 Å². The Kier molecular flexibility index (Phi) is 4.75. The molecule has 2 aromatic rings. The van der Waals surface area contributed by atoms with Gasteiger partial charge in [-0.05, 0) is 31.9 Å². The molecule has 0 radical (unpaired) electrons.